The highest BCUT2D eigenvalue weighted by Gasteiger charge is 2.38. The van der Waals surface area contributed by atoms with Crippen molar-refractivity contribution in [3.05, 3.63) is 29.6 Å². The van der Waals surface area contributed by atoms with Gasteiger partial charge in [0.1, 0.15) is 0 Å². The van der Waals surface area contributed by atoms with Crippen LogP contribution in [0.15, 0.2) is 18.2 Å². The summed E-state index contributed by atoms with van der Waals surface area (Å²) >= 11 is 0. The molecule has 1 aliphatic heterocycles. The molecule has 0 bridgehead atoms. The van der Waals surface area contributed by atoms with Gasteiger partial charge in [-0.2, -0.15) is 13.2 Å². The van der Waals surface area contributed by atoms with Gasteiger partial charge in [0.2, 0.25) is 5.82 Å². The normalized spacial score (nSPS) is 21.3. The number of nitrogens with one attached hydrogen (secondary N) is 2. The van der Waals surface area contributed by atoms with Crippen LogP contribution in [0.1, 0.15) is 49.4 Å². The average molecular weight is 368 g/mol. The van der Waals surface area contributed by atoms with Crippen LogP contribution in [0, 0.1) is 5.92 Å². The second-order valence-corrected chi connectivity index (χ2v) is 7.15. The van der Waals surface area contributed by atoms with Crippen LogP contribution in [0.5, 0.6) is 0 Å². The summed E-state index contributed by atoms with van der Waals surface area (Å²) in [7, 11) is 0. The summed E-state index contributed by atoms with van der Waals surface area (Å²) in [5.74, 6) is -0.918. The summed E-state index contributed by atoms with van der Waals surface area (Å²) < 4.78 is 41.0. The first-order chi connectivity index (χ1) is 12.2. The van der Waals surface area contributed by atoms with Crippen LogP contribution in [0.4, 0.5) is 13.2 Å². The molecular formula is C18H23F3N4O. The SMILES string of the molecule is CC1CNCCC1NC(=O)c1ccc2c(c1)nc(C(F)(F)F)n2C(C)C. The Labute approximate surface area is 150 Å². The molecule has 1 fully saturated rings. The van der Waals surface area contributed by atoms with Crippen molar-refractivity contribution in [1.29, 1.82) is 0 Å². The number of carbonyl (C=O) groups excluding carboxylic acids is 1. The molecule has 1 aromatic heterocycles. The fourth-order valence-corrected chi connectivity index (χ4v) is 3.44. The van der Waals surface area contributed by atoms with Gasteiger partial charge >= 0.3 is 6.18 Å². The maximum Gasteiger partial charge on any atom is 0.449 e. The molecule has 1 aromatic carbocycles. The van der Waals surface area contributed by atoms with Crippen LogP contribution in [-0.4, -0.2) is 34.6 Å². The van der Waals surface area contributed by atoms with Crippen molar-refractivity contribution in [2.75, 3.05) is 13.1 Å². The number of rotatable bonds is 3. The third-order valence-corrected chi connectivity index (χ3v) is 4.82. The first kappa shape index (κ1) is 18.7. The van der Waals surface area contributed by atoms with Gasteiger partial charge in [-0.3, -0.25) is 4.79 Å². The fraction of sp³-hybridized carbons (Fsp3) is 0.556. The summed E-state index contributed by atoms with van der Waals surface area (Å²) in [5.41, 5.74) is 0.876. The smallest absolute Gasteiger partial charge is 0.349 e. The second-order valence-electron chi connectivity index (χ2n) is 7.15. The number of hydrogen-bond acceptors (Lipinski definition) is 3. The summed E-state index contributed by atoms with van der Waals surface area (Å²) in [4.78, 5) is 16.3. The number of piperidine rings is 1. The van der Waals surface area contributed by atoms with E-state index in [4.69, 9.17) is 0 Å². The first-order valence-corrected chi connectivity index (χ1v) is 8.79. The molecule has 0 aliphatic carbocycles. The molecule has 0 saturated carbocycles. The third kappa shape index (κ3) is 3.56. The summed E-state index contributed by atoms with van der Waals surface area (Å²) in [5, 5.41) is 6.25. The Kier molecular flexibility index (Phi) is 4.96. The Balaban J connectivity index is 1.93. The molecule has 8 heteroatoms. The monoisotopic (exact) mass is 368 g/mol. The van der Waals surface area contributed by atoms with Gasteiger partial charge in [0.05, 0.1) is 11.0 Å². The zero-order valence-electron chi connectivity index (χ0n) is 15.0. The average Bonchev–Trinajstić information content (AvgIpc) is 2.96. The number of benzene rings is 1. The van der Waals surface area contributed by atoms with Gasteiger partial charge in [-0.25, -0.2) is 4.98 Å². The third-order valence-electron chi connectivity index (χ3n) is 4.82. The molecule has 0 radical (unpaired) electrons. The highest BCUT2D eigenvalue weighted by atomic mass is 19.4. The van der Waals surface area contributed by atoms with Crippen LogP contribution < -0.4 is 10.6 Å². The van der Waals surface area contributed by atoms with Crippen LogP contribution >= 0.6 is 0 Å². The van der Waals surface area contributed by atoms with Crippen molar-refractivity contribution in [2.45, 2.75) is 45.5 Å². The predicted octanol–water partition coefficient (Wildman–Crippen LogP) is 3.36. The number of imidazole rings is 1. The largest absolute Gasteiger partial charge is 0.449 e. The zero-order valence-corrected chi connectivity index (χ0v) is 15.0. The van der Waals surface area contributed by atoms with Gasteiger partial charge in [0.15, 0.2) is 0 Å². The van der Waals surface area contributed by atoms with Gasteiger partial charge in [0, 0.05) is 17.6 Å². The lowest BCUT2D eigenvalue weighted by Gasteiger charge is -2.30. The molecule has 26 heavy (non-hydrogen) atoms. The minimum absolute atomic E-state index is 0.0541. The highest BCUT2D eigenvalue weighted by molar-refractivity contribution is 5.97. The van der Waals surface area contributed by atoms with E-state index in [0.717, 1.165) is 24.1 Å². The van der Waals surface area contributed by atoms with Crippen molar-refractivity contribution in [1.82, 2.24) is 20.2 Å². The minimum atomic E-state index is -4.55. The molecule has 2 unspecified atom stereocenters. The Hall–Kier alpha value is -2.09. The van der Waals surface area contributed by atoms with E-state index in [9.17, 15) is 18.0 Å². The number of alkyl halides is 3. The molecule has 2 N–H and O–H groups in total. The molecule has 5 nitrogen and oxygen atoms in total. The number of halogens is 3. The van der Waals surface area contributed by atoms with E-state index < -0.39 is 18.0 Å². The summed E-state index contributed by atoms with van der Waals surface area (Å²) in [6.07, 6.45) is -3.72. The van der Waals surface area contributed by atoms with Gasteiger partial charge in [-0.15, -0.1) is 0 Å². The lowest BCUT2D eigenvalue weighted by atomic mass is 9.95. The number of carbonyl (C=O) groups is 1. The van der Waals surface area contributed by atoms with E-state index in [0.29, 0.717) is 17.0 Å². The van der Waals surface area contributed by atoms with E-state index in [-0.39, 0.29) is 17.5 Å². The molecule has 1 aliphatic rings. The maximum atomic E-state index is 13.3. The molecular weight excluding hydrogens is 345 g/mol. The highest BCUT2D eigenvalue weighted by Crippen LogP contribution is 2.34. The quantitative estimate of drug-likeness (QED) is 0.873. The lowest BCUT2D eigenvalue weighted by molar-refractivity contribution is -0.147. The molecule has 2 heterocycles. The maximum absolute atomic E-state index is 13.3. The van der Waals surface area contributed by atoms with E-state index in [1.807, 2.05) is 0 Å². The molecule has 0 spiro atoms. The molecule has 1 amide bonds. The summed E-state index contributed by atoms with van der Waals surface area (Å²) in [6, 6.07) is 4.19. The molecule has 142 valence electrons. The first-order valence-electron chi connectivity index (χ1n) is 8.79. The van der Waals surface area contributed by atoms with Crippen LogP contribution in [0.25, 0.3) is 11.0 Å². The number of hydrogen-bond donors (Lipinski definition) is 2. The number of fused-ring (bicyclic) bond motifs is 1. The van der Waals surface area contributed by atoms with E-state index in [2.05, 4.69) is 22.5 Å². The zero-order chi connectivity index (χ0) is 19.1. The Morgan fingerprint density at radius 1 is 1.38 bits per heavy atom. The van der Waals surface area contributed by atoms with E-state index in [1.165, 1.54) is 6.07 Å². The van der Waals surface area contributed by atoms with Crippen molar-refractivity contribution in [3.63, 3.8) is 0 Å². The van der Waals surface area contributed by atoms with Crippen LogP contribution in [0.3, 0.4) is 0 Å². The van der Waals surface area contributed by atoms with Crippen molar-refractivity contribution in [2.24, 2.45) is 5.92 Å². The minimum Gasteiger partial charge on any atom is -0.349 e. The Morgan fingerprint density at radius 2 is 2.12 bits per heavy atom. The number of aromatic nitrogens is 2. The molecule has 2 aromatic rings. The van der Waals surface area contributed by atoms with Gasteiger partial charge in [0.25, 0.3) is 5.91 Å². The Morgan fingerprint density at radius 3 is 2.73 bits per heavy atom. The van der Waals surface area contributed by atoms with Crippen LogP contribution in [-0.2, 0) is 6.18 Å². The van der Waals surface area contributed by atoms with Crippen molar-refractivity contribution in [3.8, 4) is 0 Å². The number of amides is 1. The number of nitrogens with zero attached hydrogens (tertiary/aromatic N) is 2. The van der Waals surface area contributed by atoms with Gasteiger partial charge in [-0.1, -0.05) is 6.92 Å². The lowest BCUT2D eigenvalue weighted by Crippen LogP contribution is -2.48. The summed E-state index contributed by atoms with van der Waals surface area (Å²) in [6.45, 7) is 7.07. The standard InChI is InChI=1S/C18H23F3N4O/c1-10(2)25-15-5-4-12(8-14(15)24-17(25)18(19,20)21)16(26)23-13-6-7-22-9-11(13)3/h4-5,8,10-11,13,22H,6-7,9H2,1-3H3,(H,23,26). The van der Waals surface area contributed by atoms with Crippen LogP contribution in [0.2, 0.25) is 0 Å². The topological polar surface area (TPSA) is 58.9 Å². The molecule has 3 rings (SSSR count). The van der Waals surface area contributed by atoms with E-state index in [1.54, 1.807) is 26.0 Å². The van der Waals surface area contributed by atoms with Gasteiger partial charge in [-0.05, 0) is 57.5 Å². The fourth-order valence-electron chi connectivity index (χ4n) is 3.44. The second kappa shape index (κ2) is 6.90. The molecule has 1 saturated heterocycles. The van der Waals surface area contributed by atoms with E-state index >= 15 is 0 Å². The Bertz CT molecular complexity index is 813. The predicted molar refractivity (Wildman–Crippen MR) is 93.0 cm³/mol. The van der Waals surface area contributed by atoms with Crippen molar-refractivity contribution >= 4 is 16.9 Å². The van der Waals surface area contributed by atoms with Gasteiger partial charge < -0.3 is 15.2 Å². The van der Waals surface area contributed by atoms with Crippen molar-refractivity contribution < 1.29 is 18.0 Å². The molecule has 2 atom stereocenters.